The number of aromatic nitrogens is 2. The topological polar surface area (TPSA) is 119 Å². The predicted molar refractivity (Wildman–Crippen MR) is 70.1 cm³/mol. The summed E-state index contributed by atoms with van der Waals surface area (Å²) < 4.78 is 33.0. The van der Waals surface area contributed by atoms with Crippen molar-refractivity contribution in [2.24, 2.45) is 7.05 Å². The number of sulfonamides is 1. The van der Waals surface area contributed by atoms with Crippen LogP contribution in [0, 0.1) is 6.92 Å². The molecule has 4 N–H and O–H groups in total. The standard InChI is InChI=1S/C10H20N4O4S/c1-8-9(10(11)13-14(8)2)19(16,17)12-4-3-6-18-7-5-15/h12,15H,3-7H2,1-2H3,(H2,11,13). The SMILES string of the molecule is Cc1c(S(=O)(=O)NCCCOCCO)c(N)nn1C. The second-order valence-corrected chi connectivity index (χ2v) is 5.71. The molecule has 0 bridgehead atoms. The molecule has 9 heteroatoms. The number of hydrogen-bond donors (Lipinski definition) is 3. The van der Waals surface area contributed by atoms with Crippen LogP contribution in [-0.4, -0.2) is 49.7 Å². The zero-order valence-corrected chi connectivity index (χ0v) is 11.9. The third-order valence-corrected chi connectivity index (χ3v) is 4.19. The Morgan fingerprint density at radius 2 is 2.16 bits per heavy atom. The number of nitrogens with two attached hydrogens (primary N) is 1. The first-order chi connectivity index (χ1) is 8.90. The summed E-state index contributed by atoms with van der Waals surface area (Å²) in [5.74, 6) is -0.0102. The summed E-state index contributed by atoms with van der Waals surface area (Å²) in [5, 5.41) is 12.4. The van der Waals surface area contributed by atoms with Crippen molar-refractivity contribution < 1.29 is 18.3 Å². The fourth-order valence-electron chi connectivity index (χ4n) is 1.57. The maximum atomic E-state index is 12.1. The van der Waals surface area contributed by atoms with Gasteiger partial charge in [0.15, 0.2) is 5.82 Å². The lowest BCUT2D eigenvalue weighted by atomic mass is 10.5. The highest BCUT2D eigenvalue weighted by Crippen LogP contribution is 2.20. The van der Waals surface area contributed by atoms with Gasteiger partial charge in [-0.3, -0.25) is 4.68 Å². The fraction of sp³-hybridized carbons (Fsp3) is 0.700. The maximum absolute atomic E-state index is 12.1. The van der Waals surface area contributed by atoms with Gasteiger partial charge in [-0.25, -0.2) is 13.1 Å². The zero-order valence-electron chi connectivity index (χ0n) is 11.1. The molecule has 0 aliphatic carbocycles. The first kappa shape index (κ1) is 15.9. The second kappa shape index (κ2) is 6.85. The van der Waals surface area contributed by atoms with E-state index in [1.54, 1.807) is 14.0 Å². The molecule has 8 nitrogen and oxygen atoms in total. The average Bonchev–Trinajstić information content (AvgIpc) is 2.58. The Morgan fingerprint density at radius 1 is 1.47 bits per heavy atom. The summed E-state index contributed by atoms with van der Waals surface area (Å²) in [6, 6.07) is 0. The minimum absolute atomic E-state index is 0.0102. The summed E-state index contributed by atoms with van der Waals surface area (Å²) in [6.45, 7) is 2.47. The lowest BCUT2D eigenvalue weighted by Crippen LogP contribution is -2.26. The van der Waals surface area contributed by atoms with Crippen molar-refractivity contribution >= 4 is 15.8 Å². The predicted octanol–water partition coefficient (Wildman–Crippen LogP) is -1.01. The Morgan fingerprint density at radius 3 is 2.68 bits per heavy atom. The highest BCUT2D eigenvalue weighted by Gasteiger charge is 2.23. The minimum Gasteiger partial charge on any atom is -0.394 e. The van der Waals surface area contributed by atoms with Crippen molar-refractivity contribution in [3.63, 3.8) is 0 Å². The third kappa shape index (κ3) is 4.16. The van der Waals surface area contributed by atoms with Crippen molar-refractivity contribution in [2.75, 3.05) is 32.1 Å². The van der Waals surface area contributed by atoms with Crippen LogP contribution in [0.2, 0.25) is 0 Å². The molecule has 1 aromatic rings. The van der Waals surface area contributed by atoms with Gasteiger partial charge in [0.25, 0.3) is 0 Å². The van der Waals surface area contributed by atoms with Crippen LogP contribution in [0.4, 0.5) is 5.82 Å². The molecule has 0 aliphatic rings. The van der Waals surface area contributed by atoms with Crippen LogP contribution in [-0.2, 0) is 21.8 Å². The lowest BCUT2D eigenvalue weighted by molar-refractivity contribution is 0.0913. The Kier molecular flexibility index (Phi) is 5.73. The molecule has 0 radical (unpaired) electrons. The highest BCUT2D eigenvalue weighted by molar-refractivity contribution is 7.89. The second-order valence-electron chi connectivity index (χ2n) is 4.01. The minimum atomic E-state index is -3.66. The van der Waals surface area contributed by atoms with Gasteiger partial charge in [-0.15, -0.1) is 0 Å². The molecular weight excluding hydrogens is 272 g/mol. The van der Waals surface area contributed by atoms with Gasteiger partial charge in [-0.1, -0.05) is 0 Å². The number of nitrogens with one attached hydrogen (secondary N) is 1. The van der Waals surface area contributed by atoms with Crippen LogP contribution in [0.5, 0.6) is 0 Å². The Balaban J connectivity index is 2.57. The Labute approximate surface area is 112 Å². The van der Waals surface area contributed by atoms with E-state index in [1.165, 1.54) is 4.68 Å². The summed E-state index contributed by atoms with van der Waals surface area (Å²) in [7, 11) is -2.02. The summed E-state index contributed by atoms with van der Waals surface area (Å²) in [6.07, 6.45) is 0.512. The van der Waals surface area contributed by atoms with Crippen LogP contribution in [0.15, 0.2) is 4.90 Å². The molecule has 0 saturated heterocycles. The molecule has 1 rings (SSSR count). The number of anilines is 1. The molecule has 0 amide bonds. The van der Waals surface area contributed by atoms with Crippen LogP contribution in [0.25, 0.3) is 0 Å². The van der Waals surface area contributed by atoms with Crippen LogP contribution in [0.3, 0.4) is 0 Å². The summed E-state index contributed by atoms with van der Waals surface area (Å²) in [5.41, 5.74) is 6.08. The van der Waals surface area contributed by atoms with E-state index in [9.17, 15) is 8.42 Å². The number of aliphatic hydroxyl groups excluding tert-OH is 1. The van der Waals surface area contributed by atoms with Crippen molar-refractivity contribution in [2.45, 2.75) is 18.2 Å². The van der Waals surface area contributed by atoms with Gasteiger partial charge in [-0.05, 0) is 13.3 Å². The smallest absolute Gasteiger partial charge is 0.246 e. The molecule has 19 heavy (non-hydrogen) atoms. The van der Waals surface area contributed by atoms with E-state index in [4.69, 9.17) is 15.6 Å². The number of nitrogen functional groups attached to an aromatic ring is 1. The number of rotatable bonds is 8. The van der Waals surface area contributed by atoms with Crippen molar-refractivity contribution in [3.8, 4) is 0 Å². The Bertz CT molecular complexity index is 512. The van der Waals surface area contributed by atoms with Gasteiger partial charge < -0.3 is 15.6 Å². The Hall–Kier alpha value is -1.16. The first-order valence-corrected chi connectivity index (χ1v) is 7.35. The van der Waals surface area contributed by atoms with Crippen molar-refractivity contribution in [1.29, 1.82) is 0 Å². The van der Waals surface area contributed by atoms with E-state index in [0.717, 1.165) is 0 Å². The zero-order chi connectivity index (χ0) is 14.5. The first-order valence-electron chi connectivity index (χ1n) is 5.87. The van der Waals surface area contributed by atoms with E-state index in [0.29, 0.717) is 18.7 Å². The van der Waals surface area contributed by atoms with Gasteiger partial charge in [0.2, 0.25) is 10.0 Å². The molecule has 0 fully saturated rings. The van der Waals surface area contributed by atoms with Gasteiger partial charge in [-0.2, -0.15) is 5.10 Å². The third-order valence-electron chi connectivity index (χ3n) is 2.57. The van der Waals surface area contributed by atoms with Crippen LogP contribution in [0.1, 0.15) is 12.1 Å². The average molecular weight is 292 g/mol. The van der Waals surface area contributed by atoms with E-state index in [1.807, 2.05) is 0 Å². The van der Waals surface area contributed by atoms with Crippen LogP contribution < -0.4 is 10.5 Å². The van der Waals surface area contributed by atoms with Crippen LogP contribution >= 0.6 is 0 Å². The molecule has 0 aromatic carbocycles. The van der Waals surface area contributed by atoms with Gasteiger partial charge in [0, 0.05) is 20.2 Å². The van der Waals surface area contributed by atoms with E-state index in [2.05, 4.69) is 9.82 Å². The molecular formula is C10H20N4O4S. The quantitative estimate of drug-likeness (QED) is 0.528. The molecule has 110 valence electrons. The van der Waals surface area contributed by atoms with Crippen molar-refractivity contribution in [3.05, 3.63) is 5.69 Å². The molecule has 0 unspecified atom stereocenters. The number of aryl methyl sites for hydroxylation is 1. The van der Waals surface area contributed by atoms with Gasteiger partial charge >= 0.3 is 0 Å². The molecule has 0 atom stereocenters. The van der Waals surface area contributed by atoms with E-state index >= 15 is 0 Å². The number of ether oxygens (including phenoxy) is 1. The lowest BCUT2D eigenvalue weighted by Gasteiger charge is -2.07. The van der Waals surface area contributed by atoms with E-state index < -0.39 is 10.0 Å². The maximum Gasteiger partial charge on any atom is 0.246 e. The normalized spacial score (nSPS) is 11.9. The monoisotopic (exact) mass is 292 g/mol. The largest absolute Gasteiger partial charge is 0.394 e. The highest BCUT2D eigenvalue weighted by atomic mass is 32.2. The molecule has 1 aromatic heterocycles. The molecule has 0 spiro atoms. The molecule has 1 heterocycles. The fourth-order valence-corrected chi connectivity index (χ4v) is 2.96. The molecule has 0 aliphatic heterocycles. The summed E-state index contributed by atoms with van der Waals surface area (Å²) in [4.78, 5) is 0.0197. The molecule has 0 saturated carbocycles. The summed E-state index contributed by atoms with van der Waals surface area (Å²) >= 11 is 0. The number of hydrogen-bond acceptors (Lipinski definition) is 6. The number of nitrogens with zero attached hydrogens (tertiary/aromatic N) is 2. The van der Waals surface area contributed by atoms with Gasteiger partial charge in [0.05, 0.1) is 18.9 Å². The van der Waals surface area contributed by atoms with E-state index in [-0.39, 0.29) is 30.5 Å². The van der Waals surface area contributed by atoms with Crippen molar-refractivity contribution in [1.82, 2.24) is 14.5 Å². The van der Waals surface area contributed by atoms with Gasteiger partial charge in [0.1, 0.15) is 4.90 Å². The number of aliphatic hydroxyl groups is 1.